The molecule has 0 radical (unpaired) electrons. The van der Waals surface area contributed by atoms with Gasteiger partial charge in [0.25, 0.3) is 11.6 Å². The molecule has 32 heavy (non-hydrogen) atoms. The summed E-state index contributed by atoms with van der Waals surface area (Å²) in [7, 11) is -3.69. The summed E-state index contributed by atoms with van der Waals surface area (Å²) >= 11 is 0. The van der Waals surface area contributed by atoms with Gasteiger partial charge in [0.1, 0.15) is 5.56 Å². The van der Waals surface area contributed by atoms with E-state index < -0.39 is 39.1 Å². The summed E-state index contributed by atoms with van der Waals surface area (Å²) in [6, 6.07) is 9.76. The number of nitro benzene ring substituents is 1. The van der Waals surface area contributed by atoms with E-state index in [1.54, 1.807) is 19.1 Å². The highest BCUT2D eigenvalue weighted by Crippen LogP contribution is 2.26. The van der Waals surface area contributed by atoms with Crippen LogP contribution in [0, 0.1) is 17.0 Å². The third-order valence-corrected chi connectivity index (χ3v) is 7.10. The molecule has 170 valence electrons. The number of aryl methyl sites for hydroxylation is 1. The number of esters is 1. The van der Waals surface area contributed by atoms with Crippen LogP contribution < -0.4 is 5.32 Å². The Morgan fingerprint density at radius 2 is 1.81 bits per heavy atom. The number of nitrogens with one attached hydrogen (secondary N) is 1. The Morgan fingerprint density at radius 3 is 2.50 bits per heavy atom. The molecule has 0 aliphatic carbocycles. The highest BCUT2D eigenvalue weighted by atomic mass is 32.2. The Kier molecular flexibility index (Phi) is 7.21. The summed E-state index contributed by atoms with van der Waals surface area (Å²) in [5.74, 6) is -1.72. The highest BCUT2D eigenvalue weighted by Gasteiger charge is 2.28. The maximum absolute atomic E-state index is 13.0. The maximum atomic E-state index is 13.0. The quantitative estimate of drug-likeness (QED) is 0.380. The smallest absolute Gasteiger partial charge is 0.345 e. The summed E-state index contributed by atoms with van der Waals surface area (Å²) < 4.78 is 32.3. The second-order valence-corrected chi connectivity index (χ2v) is 9.25. The molecule has 3 rings (SSSR count). The molecule has 1 N–H and O–H groups in total. The molecule has 0 atom stereocenters. The molecule has 0 spiro atoms. The predicted octanol–water partition coefficient (Wildman–Crippen LogP) is 2.87. The van der Waals surface area contributed by atoms with Crippen LogP contribution in [0.4, 0.5) is 11.4 Å². The SMILES string of the molecule is Cc1ccc(NC(=O)COC(=O)c2ccccc2[N+](=O)[O-])cc1S(=O)(=O)N1CCCCC1. The van der Waals surface area contributed by atoms with Crippen molar-refractivity contribution >= 4 is 33.3 Å². The number of piperidine rings is 1. The number of amides is 1. The Hall–Kier alpha value is -3.31. The molecule has 1 amide bonds. The van der Waals surface area contributed by atoms with E-state index in [1.807, 2.05) is 0 Å². The fraction of sp³-hybridized carbons (Fsp3) is 0.333. The van der Waals surface area contributed by atoms with Crippen molar-refractivity contribution in [1.29, 1.82) is 0 Å². The number of ether oxygens (including phenoxy) is 1. The lowest BCUT2D eigenvalue weighted by molar-refractivity contribution is -0.385. The van der Waals surface area contributed by atoms with Crippen LogP contribution in [-0.2, 0) is 19.6 Å². The standard InChI is InChI=1S/C21H23N3O7S/c1-15-9-10-16(13-19(15)32(29,30)23-11-5-2-6-12-23)22-20(25)14-31-21(26)17-7-3-4-8-18(17)24(27)28/h3-4,7-10,13H,2,5-6,11-12,14H2,1H3,(H,22,25). The van der Waals surface area contributed by atoms with E-state index in [1.165, 1.54) is 28.6 Å². The molecular formula is C21H23N3O7S. The molecule has 0 saturated carbocycles. The summed E-state index contributed by atoms with van der Waals surface area (Å²) in [5, 5.41) is 13.5. The Bertz CT molecular complexity index is 1140. The molecule has 10 nitrogen and oxygen atoms in total. The lowest BCUT2D eigenvalue weighted by atomic mass is 10.2. The van der Waals surface area contributed by atoms with Crippen LogP contribution in [0.25, 0.3) is 0 Å². The van der Waals surface area contributed by atoms with Gasteiger partial charge >= 0.3 is 5.97 Å². The van der Waals surface area contributed by atoms with Gasteiger partial charge in [-0.1, -0.05) is 24.6 Å². The van der Waals surface area contributed by atoms with Crippen LogP contribution in [0.15, 0.2) is 47.4 Å². The van der Waals surface area contributed by atoms with E-state index in [2.05, 4.69) is 5.32 Å². The zero-order valence-electron chi connectivity index (χ0n) is 17.4. The molecule has 2 aromatic carbocycles. The van der Waals surface area contributed by atoms with Crippen molar-refractivity contribution in [2.45, 2.75) is 31.1 Å². The van der Waals surface area contributed by atoms with Crippen molar-refractivity contribution in [3.63, 3.8) is 0 Å². The van der Waals surface area contributed by atoms with Crippen molar-refractivity contribution < 1.29 is 27.7 Å². The van der Waals surface area contributed by atoms with Gasteiger partial charge in [-0.25, -0.2) is 13.2 Å². The Balaban J connectivity index is 1.68. The van der Waals surface area contributed by atoms with Gasteiger partial charge in [-0.15, -0.1) is 0 Å². The number of hydrogen-bond donors (Lipinski definition) is 1. The average Bonchev–Trinajstić information content (AvgIpc) is 2.79. The minimum absolute atomic E-state index is 0.106. The van der Waals surface area contributed by atoms with Gasteiger partial charge in [0, 0.05) is 24.8 Å². The van der Waals surface area contributed by atoms with E-state index in [9.17, 15) is 28.1 Å². The van der Waals surface area contributed by atoms with Gasteiger partial charge in [0.2, 0.25) is 10.0 Å². The number of rotatable bonds is 7. The van der Waals surface area contributed by atoms with Crippen molar-refractivity contribution in [2.24, 2.45) is 0 Å². The molecule has 0 bridgehead atoms. The van der Waals surface area contributed by atoms with Crippen molar-refractivity contribution in [2.75, 3.05) is 25.0 Å². The first-order valence-corrected chi connectivity index (χ1v) is 11.5. The predicted molar refractivity (Wildman–Crippen MR) is 116 cm³/mol. The number of carbonyl (C=O) groups is 2. The van der Waals surface area contributed by atoms with Crippen molar-refractivity contribution in [3.05, 3.63) is 63.7 Å². The van der Waals surface area contributed by atoms with Gasteiger partial charge in [-0.05, 0) is 43.5 Å². The van der Waals surface area contributed by atoms with Gasteiger partial charge in [-0.3, -0.25) is 14.9 Å². The first-order valence-electron chi connectivity index (χ1n) is 10.0. The summed E-state index contributed by atoms with van der Waals surface area (Å²) in [4.78, 5) is 34.8. The second kappa shape index (κ2) is 9.88. The van der Waals surface area contributed by atoms with Gasteiger partial charge in [0.05, 0.1) is 9.82 Å². The van der Waals surface area contributed by atoms with E-state index in [-0.39, 0.29) is 16.1 Å². The molecule has 0 aromatic heterocycles. The number of hydrogen-bond acceptors (Lipinski definition) is 7. The number of nitro groups is 1. The van der Waals surface area contributed by atoms with Crippen LogP contribution in [0.5, 0.6) is 0 Å². The molecule has 1 heterocycles. The van der Waals surface area contributed by atoms with Gasteiger partial charge < -0.3 is 10.1 Å². The number of nitrogens with zero attached hydrogens (tertiary/aromatic N) is 2. The van der Waals surface area contributed by atoms with E-state index in [0.29, 0.717) is 18.7 Å². The summed E-state index contributed by atoms with van der Waals surface area (Å²) in [6.07, 6.45) is 2.60. The number of carbonyl (C=O) groups excluding carboxylic acids is 2. The lowest BCUT2D eigenvalue weighted by Gasteiger charge is -2.26. The van der Waals surface area contributed by atoms with Crippen LogP contribution in [0.3, 0.4) is 0 Å². The third kappa shape index (κ3) is 5.29. The first-order chi connectivity index (χ1) is 15.2. The van der Waals surface area contributed by atoms with Crippen molar-refractivity contribution in [3.8, 4) is 0 Å². The molecular weight excluding hydrogens is 438 g/mol. The number of sulfonamides is 1. The zero-order chi connectivity index (χ0) is 23.3. The molecule has 1 aliphatic heterocycles. The normalized spacial score (nSPS) is 14.5. The fourth-order valence-corrected chi connectivity index (χ4v) is 5.18. The summed E-state index contributed by atoms with van der Waals surface area (Å²) in [6.45, 7) is 1.91. The monoisotopic (exact) mass is 461 g/mol. The Labute approximate surface area is 185 Å². The second-order valence-electron chi connectivity index (χ2n) is 7.34. The van der Waals surface area contributed by atoms with Crippen molar-refractivity contribution in [1.82, 2.24) is 4.31 Å². The minimum atomic E-state index is -3.69. The van der Waals surface area contributed by atoms with Gasteiger partial charge in [-0.2, -0.15) is 4.31 Å². The maximum Gasteiger partial charge on any atom is 0.345 e. The largest absolute Gasteiger partial charge is 0.452 e. The lowest BCUT2D eigenvalue weighted by Crippen LogP contribution is -2.36. The fourth-order valence-electron chi connectivity index (χ4n) is 3.41. The molecule has 1 saturated heterocycles. The molecule has 1 aliphatic rings. The van der Waals surface area contributed by atoms with E-state index in [0.717, 1.165) is 25.3 Å². The molecule has 2 aromatic rings. The average molecular weight is 461 g/mol. The minimum Gasteiger partial charge on any atom is -0.452 e. The van der Waals surface area contributed by atoms with E-state index >= 15 is 0 Å². The van der Waals surface area contributed by atoms with E-state index in [4.69, 9.17) is 4.74 Å². The molecule has 0 unspecified atom stereocenters. The number of anilines is 1. The third-order valence-electron chi connectivity index (χ3n) is 5.06. The van der Waals surface area contributed by atoms with Gasteiger partial charge in [0.15, 0.2) is 6.61 Å². The first kappa shape index (κ1) is 23.4. The van der Waals surface area contributed by atoms with Crippen LogP contribution >= 0.6 is 0 Å². The summed E-state index contributed by atoms with van der Waals surface area (Å²) in [5.41, 5.74) is 0.0915. The van der Waals surface area contributed by atoms with Crippen LogP contribution in [0.2, 0.25) is 0 Å². The van der Waals surface area contributed by atoms with Crippen LogP contribution in [0.1, 0.15) is 35.2 Å². The molecule has 1 fully saturated rings. The highest BCUT2D eigenvalue weighted by molar-refractivity contribution is 7.89. The Morgan fingerprint density at radius 1 is 1.12 bits per heavy atom. The molecule has 11 heteroatoms. The number of benzene rings is 2. The number of para-hydroxylation sites is 1. The zero-order valence-corrected chi connectivity index (χ0v) is 18.3. The topological polar surface area (TPSA) is 136 Å². The van der Waals surface area contributed by atoms with Crippen LogP contribution in [-0.4, -0.2) is 49.2 Å².